The SMILES string of the molecule is COC(=O)c1ccccc1-c1c2ccc(=N)cc-2oc2cc(NC(C)C(C)C)ccc12. The molecule has 0 saturated carbocycles. The standard InChI is InChI=1S/C26H26N2O3/c1-15(2)16(3)28-18-10-12-22-24(14-18)31-23-13-17(27)9-11-21(23)25(22)19-7-5-6-8-20(19)26(29)30-4/h5-16,27-28H,1-4H3. The molecule has 2 aromatic rings. The molecule has 4 rings (SSSR count). The monoisotopic (exact) mass is 414 g/mol. The Morgan fingerprint density at radius 3 is 2.52 bits per heavy atom. The zero-order valence-electron chi connectivity index (χ0n) is 18.2. The maximum absolute atomic E-state index is 12.5. The maximum atomic E-state index is 12.5. The van der Waals surface area contributed by atoms with Crippen LogP contribution in [0.3, 0.4) is 0 Å². The molecular weight excluding hydrogens is 388 g/mol. The van der Waals surface area contributed by atoms with Crippen molar-refractivity contribution in [2.24, 2.45) is 5.92 Å². The molecule has 1 unspecified atom stereocenters. The van der Waals surface area contributed by atoms with Gasteiger partial charge in [-0.1, -0.05) is 32.0 Å². The number of fused-ring (bicyclic) bond motifs is 2. The Bertz CT molecular complexity index is 1290. The fourth-order valence-corrected chi connectivity index (χ4v) is 3.69. The Morgan fingerprint density at radius 2 is 1.77 bits per heavy atom. The maximum Gasteiger partial charge on any atom is 0.338 e. The number of hydrogen-bond acceptors (Lipinski definition) is 5. The van der Waals surface area contributed by atoms with Gasteiger partial charge in [-0.2, -0.15) is 0 Å². The number of nitrogens with one attached hydrogen (secondary N) is 2. The van der Waals surface area contributed by atoms with Crippen molar-refractivity contribution in [2.45, 2.75) is 26.8 Å². The third kappa shape index (κ3) is 3.91. The van der Waals surface area contributed by atoms with E-state index in [1.54, 1.807) is 18.2 Å². The molecule has 1 atom stereocenters. The minimum Gasteiger partial charge on any atom is -0.465 e. The fourth-order valence-electron chi connectivity index (χ4n) is 3.69. The van der Waals surface area contributed by atoms with Crippen LogP contribution in [0.1, 0.15) is 31.1 Å². The number of carbonyl (C=O) groups is 1. The molecule has 2 aliphatic rings. The number of carbonyl (C=O) groups excluding carboxylic acids is 1. The van der Waals surface area contributed by atoms with Gasteiger partial charge in [0.05, 0.1) is 18.0 Å². The quantitative estimate of drug-likeness (QED) is 0.314. The van der Waals surface area contributed by atoms with Crippen LogP contribution >= 0.6 is 0 Å². The molecule has 1 aliphatic carbocycles. The molecule has 0 amide bonds. The van der Waals surface area contributed by atoms with E-state index in [4.69, 9.17) is 14.6 Å². The van der Waals surface area contributed by atoms with Crippen LogP contribution in [0.5, 0.6) is 0 Å². The predicted octanol–water partition coefficient (Wildman–Crippen LogP) is 5.93. The summed E-state index contributed by atoms with van der Waals surface area (Å²) in [5, 5.41) is 12.8. The van der Waals surface area contributed by atoms with Crippen LogP contribution in [-0.2, 0) is 4.74 Å². The Morgan fingerprint density at radius 1 is 1.00 bits per heavy atom. The largest absolute Gasteiger partial charge is 0.465 e. The summed E-state index contributed by atoms with van der Waals surface area (Å²) in [6, 6.07) is 19.1. The molecule has 2 aromatic carbocycles. The van der Waals surface area contributed by atoms with Crippen molar-refractivity contribution in [3.05, 3.63) is 71.6 Å². The number of anilines is 1. The van der Waals surface area contributed by atoms with Crippen molar-refractivity contribution in [3.63, 3.8) is 0 Å². The topological polar surface area (TPSA) is 75.3 Å². The van der Waals surface area contributed by atoms with Crippen molar-refractivity contribution in [1.29, 1.82) is 5.41 Å². The van der Waals surface area contributed by atoms with Crippen molar-refractivity contribution in [3.8, 4) is 22.5 Å². The highest BCUT2D eigenvalue weighted by atomic mass is 16.5. The minimum atomic E-state index is -0.390. The Balaban J connectivity index is 2.02. The van der Waals surface area contributed by atoms with E-state index >= 15 is 0 Å². The van der Waals surface area contributed by atoms with Crippen molar-refractivity contribution in [1.82, 2.24) is 0 Å². The van der Waals surface area contributed by atoms with Gasteiger partial charge in [-0.25, -0.2) is 4.79 Å². The van der Waals surface area contributed by atoms with Crippen molar-refractivity contribution in [2.75, 3.05) is 12.4 Å². The molecule has 5 nitrogen and oxygen atoms in total. The fraction of sp³-hybridized carbons (Fsp3) is 0.231. The zero-order chi connectivity index (χ0) is 22.1. The van der Waals surface area contributed by atoms with Gasteiger partial charge in [0.2, 0.25) is 0 Å². The molecule has 0 aromatic heterocycles. The molecule has 0 saturated heterocycles. The third-order valence-electron chi connectivity index (χ3n) is 5.72. The number of rotatable bonds is 5. The first-order valence-corrected chi connectivity index (χ1v) is 10.4. The first-order chi connectivity index (χ1) is 14.9. The molecule has 31 heavy (non-hydrogen) atoms. The van der Waals surface area contributed by atoms with Gasteiger partial charge in [0.15, 0.2) is 0 Å². The number of ether oxygens (including phenoxy) is 1. The highest BCUT2D eigenvalue weighted by Crippen LogP contribution is 2.41. The second kappa shape index (κ2) is 8.26. The summed E-state index contributed by atoms with van der Waals surface area (Å²) in [5.74, 6) is 0.695. The van der Waals surface area contributed by atoms with E-state index in [9.17, 15) is 4.79 Å². The van der Waals surface area contributed by atoms with E-state index in [-0.39, 0.29) is 5.97 Å². The lowest BCUT2D eigenvalue weighted by molar-refractivity contribution is 0.0601. The second-order valence-electron chi connectivity index (χ2n) is 8.11. The molecule has 1 heterocycles. The normalized spacial score (nSPS) is 12.3. The van der Waals surface area contributed by atoms with E-state index in [1.807, 2.05) is 42.5 Å². The zero-order valence-corrected chi connectivity index (χ0v) is 18.2. The molecule has 0 bridgehead atoms. The summed E-state index contributed by atoms with van der Waals surface area (Å²) in [4.78, 5) is 12.5. The number of benzene rings is 3. The molecule has 2 N–H and O–H groups in total. The summed E-state index contributed by atoms with van der Waals surface area (Å²) in [7, 11) is 1.38. The minimum absolute atomic E-state index is 0.303. The van der Waals surface area contributed by atoms with Crippen LogP contribution in [0.15, 0.2) is 65.1 Å². The lowest BCUT2D eigenvalue weighted by Gasteiger charge is -2.20. The highest BCUT2D eigenvalue weighted by Gasteiger charge is 2.22. The van der Waals surface area contributed by atoms with Gasteiger partial charge in [-0.15, -0.1) is 0 Å². The smallest absolute Gasteiger partial charge is 0.338 e. The van der Waals surface area contributed by atoms with E-state index in [1.165, 1.54) is 7.11 Å². The van der Waals surface area contributed by atoms with Crippen molar-refractivity contribution >= 4 is 22.6 Å². The van der Waals surface area contributed by atoms with E-state index in [0.29, 0.717) is 34.2 Å². The molecule has 0 spiro atoms. The van der Waals surface area contributed by atoms with Crippen LogP contribution in [0.25, 0.3) is 33.4 Å². The molecule has 158 valence electrons. The number of esters is 1. The van der Waals surface area contributed by atoms with Gasteiger partial charge in [0, 0.05) is 40.4 Å². The average Bonchev–Trinajstić information content (AvgIpc) is 2.76. The van der Waals surface area contributed by atoms with Gasteiger partial charge in [0.1, 0.15) is 11.3 Å². The van der Waals surface area contributed by atoms with Crippen LogP contribution < -0.4 is 10.7 Å². The lowest BCUT2D eigenvalue weighted by Crippen LogP contribution is -2.21. The average molecular weight is 415 g/mol. The summed E-state index contributed by atoms with van der Waals surface area (Å²) in [5.41, 5.74) is 4.65. The molecule has 0 radical (unpaired) electrons. The van der Waals surface area contributed by atoms with Crippen LogP contribution in [0.4, 0.5) is 5.69 Å². The first kappa shape index (κ1) is 20.7. The van der Waals surface area contributed by atoms with Crippen LogP contribution in [-0.4, -0.2) is 19.1 Å². The van der Waals surface area contributed by atoms with Gasteiger partial charge < -0.3 is 19.9 Å². The number of methoxy groups -OCH3 is 1. The Hall–Kier alpha value is -3.60. The van der Waals surface area contributed by atoms with Crippen LogP contribution in [0, 0.1) is 11.3 Å². The Kier molecular flexibility index (Phi) is 5.51. The van der Waals surface area contributed by atoms with E-state index in [2.05, 4.69) is 26.1 Å². The second-order valence-corrected chi connectivity index (χ2v) is 8.11. The van der Waals surface area contributed by atoms with E-state index < -0.39 is 0 Å². The van der Waals surface area contributed by atoms with Crippen LogP contribution in [0.2, 0.25) is 0 Å². The first-order valence-electron chi connectivity index (χ1n) is 10.4. The van der Waals surface area contributed by atoms with Gasteiger partial charge >= 0.3 is 5.97 Å². The van der Waals surface area contributed by atoms with Gasteiger partial charge in [0.25, 0.3) is 0 Å². The van der Waals surface area contributed by atoms with Crippen molar-refractivity contribution < 1.29 is 13.9 Å². The Labute approximate surface area is 181 Å². The van der Waals surface area contributed by atoms with Gasteiger partial charge in [-0.05, 0) is 48.7 Å². The molecular formula is C26H26N2O3. The summed E-state index contributed by atoms with van der Waals surface area (Å²) in [6.07, 6.45) is 0. The van der Waals surface area contributed by atoms with Gasteiger partial charge in [-0.3, -0.25) is 0 Å². The number of hydrogen-bond donors (Lipinski definition) is 2. The summed E-state index contributed by atoms with van der Waals surface area (Å²) >= 11 is 0. The third-order valence-corrected chi connectivity index (χ3v) is 5.72. The molecule has 1 aliphatic heterocycles. The van der Waals surface area contributed by atoms with E-state index in [0.717, 1.165) is 27.8 Å². The highest BCUT2D eigenvalue weighted by molar-refractivity contribution is 6.08. The molecule has 0 fully saturated rings. The summed E-state index contributed by atoms with van der Waals surface area (Å²) in [6.45, 7) is 6.50. The molecule has 5 heteroatoms. The lowest BCUT2D eigenvalue weighted by atomic mass is 9.90. The summed E-state index contributed by atoms with van der Waals surface area (Å²) < 4.78 is 11.2. The predicted molar refractivity (Wildman–Crippen MR) is 123 cm³/mol.